The fraction of sp³-hybridized carbons (Fsp3) is 0.421. The number of rotatable bonds is 7. The number of amidine groups is 1. The number of allylic oxidation sites excluding steroid dienone is 1. The Hall–Kier alpha value is -2.72. The maximum Gasteiger partial charge on any atom is 0.338 e. The van der Waals surface area contributed by atoms with Crippen LogP contribution in [0.2, 0.25) is 0 Å². The first-order valence-electron chi connectivity index (χ1n) is 9.08. The number of nitro groups is 1. The highest BCUT2D eigenvalue weighted by atomic mass is 32.2. The molecule has 0 saturated carbocycles. The molecule has 29 heavy (non-hydrogen) atoms. The lowest BCUT2D eigenvalue weighted by atomic mass is 9.94. The van der Waals surface area contributed by atoms with Crippen molar-refractivity contribution < 1.29 is 24.0 Å². The maximum atomic E-state index is 13.0. The summed E-state index contributed by atoms with van der Waals surface area (Å²) in [7, 11) is 1.50. The normalized spacial score (nSPS) is 21.1. The fourth-order valence-electron chi connectivity index (χ4n) is 3.24. The molecular formula is C19H21N3O6S. The van der Waals surface area contributed by atoms with E-state index in [-0.39, 0.29) is 35.6 Å². The van der Waals surface area contributed by atoms with Crippen LogP contribution < -0.4 is 0 Å². The minimum atomic E-state index is -0.755. The number of hydrogen-bond donors (Lipinski definition) is 0. The van der Waals surface area contributed by atoms with Gasteiger partial charge < -0.3 is 9.47 Å². The van der Waals surface area contributed by atoms with E-state index in [2.05, 4.69) is 4.99 Å². The summed E-state index contributed by atoms with van der Waals surface area (Å²) in [4.78, 5) is 42.3. The van der Waals surface area contributed by atoms with Crippen molar-refractivity contribution in [3.8, 4) is 0 Å². The molecule has 9 nitrogen and oxygen atoms in total. The van der Waals surface area contributed by atoms with Crippen LogP contribution in [0.15, 0.2) is 40.5 Å². The SMILES string of the molecule is CCC1SC2=NC(C)=C(C(=O)OCCOC)C(c3ccc([N+](=O)[O-])cc3)N2C1=O. The van der Waals surface area contributed by atoms with Crippen molar-refractivity contribution in [2.24, 2.45) is 4.99 Å². The molecule has 10 heteroatoms. The number of nitro benzene ring substituents is 1. The smallest absolute Gasteiger partial charge is 0.338 e. The van der Waals surface area contributed by atoms with Crippen LogP contribution in [0, 0.1) is 10.1 Å². The summed E-state index contributed by atoms with van der Waals surface area (Å²) in [6, 6.07) is 5.07. The number of benzene rings is 1. The summed E-state index contributed by atoms with van der Waals surface area (Å²) in [5.41, 5.74) is 1.20. The van der Waals surface area contributed by atoms with Crippen LogP contribution in [0.5, 0.6) is 0 Å². The number of amides is 1. The van der Waals surface area contributed by atoms with Crippen LogP contribution in [0.25, 0.3) is 0 Å². The number of hydrogen-bond acceptors (Lipinski definition) is 8. The number of fused-ring (bicyclic) bond motifs is 1. The summed E-state index contributed by atoms with van der Waals surface area (Å²) in [6.07, 6.45) is 0.624. The third kappa shape index (κ3) is 4.03. The first kappa shape index (κ1) is 21.0. The van der Waals surface area contributed by atoms with E-state index < -0.39 is 16.9 Å². The van der Waals surface area contributed by atoms with E-state index in [0.29, 0.717) is 22.8 Å². The molecule has 3 rings (SSSR count). The third-order valence-electron chi connectivity index (χ3n) is 4.68. The molecule has 0 spiro atoms. The Morgan fingerprint density at radius 1 is 1.31 bits per heavy atom. The van der Waals surface area contributed by atoms with Gasteiger partial charge in [0.05, 0.1) is 34.1 Å². The van der Waals surface area contributed by atoms with Gasteiger partial charge >= 0.3 is 5.97 Å². The minimum absolute atomic E-state index is 0.0654. The zero-order chi connectivity index (χ0) is 21.1. The van der Waals surface area contributed by atoms with E-state index >= 15 is 0 Å². The standard InChI is InChI=1S/C19H21N3O6S/c1-4-14-17(23)21-16(12-5-7-13(8-6-12)22(25)26)15(11(2)20-19(21)29-14)18(24)28-10-9-27-3/h5-8,14,16H,4,9-10H2,1-3H3. The van der Waals surface area contributed by atoms with Gasteiger partial charge in [-0.2, -0.15) is 0 Å². The summed E-state index contributed by atoms with van der Waals surface area (Å²) in [6.45, 7) is 3.91. The predicted molar refractivity (Wildman–Crippen MR) is 107 cm³/mol. The number of non-ortho nitro benzene ring substituents is 1. The van der Waals surface area contributed by atoms with Crippen LogP contribution in [0.1, 0.15) is 31.9 Å². The first-order chi connectivity index (χ1) is 13.9. The number of nitrogens with zero attached hydrogens (tertiary/aromatic N) is 3. The Bertz CT molecular complexity index is 896. The van der Waals surface area contributed by atoms with Crippen LogP contribution in [0.4, 0.5) is 5.69 Å². The number of carbonyl (C=O) groups is 2. The largest absolute Gasteiger partial charge is 0.460 e. The van der Waals surface area contributed by atoms with Gasteiger partial charge in [0.2, 0.25) is 5.91 Å². The molecule has 1 fully saturated rings. The molecular weight excluding hydrogens is 398 g/mol. The third-order valence-corrected chi connectivity index (χ3v) is 6.00. The molecule has 0 radical (unpaired) electrons. The Labute approximate surface area is 171 Å². The molecule has 154 valence electrons. The van der Waals surface area contributed by atoms with Gasteiger partial charge in [-0.25, -0.2) is 9.79 Å². The Balaban J connectivity index is 2.04. The molecule has 1 amide bonds. The van der Waals surface area contributed by atoms with Crippen LogP contribution in [-0.2, 0) is 19.1 Å². The second-order valence-electron chi connectivity index (χ2n) is 6.50. The molecule has 2 heterocycles. The lowest BCUT2D eigenvalue weighted by Crippen LogP contribution is -2.40. The number of esters is 1. The van der Waals surface area contributed by atoms with Gasteiger partial charge in [-0.05, 0) is 31.0 Å². The zero-order valence-electron chi connectivity index (χ0n) is 16.3. The molecule has 1 aromatic rings. The van der Waals surface area contributed by atoms with Crippen LogP contribution in [0.3, 0.4) is 0 Å². The van der Waals surface area contributed by atoms with E-state index in [0.717, 1.165) is 0 Å². The number of methoxy groups -OCH3 is 1. The number of carbonyl (C=O) groups excluding carboxylic acids is 2. The fourth-order valence-corrected chi connectivity index (χ4v) is 4.37. The highest BCUT2D eigenvalue weighted by molar-refractivity contribution is 8.15. The van der Waals surface area contributed by atoms with Crippen molar-refractivity contribution in [3.63, 3.8) is 0 Å². The molecule has 1 aromatic carbocycles. The summed E-state index contributed by atoms with van der Waals surface area (Å²) < 4.78 is 10.2. The Morgan fingerprint density at radius 3 is 2.59 bits per heavy atom. The molecule has 2 aliphatic heterocycles. The van der Waals surface area contributed by atoms with Gasteiger partial charge in [0.15, 0.2) is 5.17 Å². The number of ether oxygens (including phenoxy) is 2. The number of thioether (sulfide) groups is 1. The quantitative estimate of drug-likeness (QED) is 0.289. The van der Waals surface area contributed by atoms with Crippen molar-refractivity contribution in [1.82, 2.24) is 4.90 Å². The second kappa shape index (κ2) is 8.75. The second-order valence-corrected chi connectivity index (χ2v) is 7.67. The van der Waals surface area contributed by atoms with Gasteiger partial charge in [-0.15, -0.1) is 0 Å². The highest BCUT2D eigenvalue weighted by Gasteiger charge is 2.47. The molecule has 1 saturated heterocycles. The van der Waals surface area contributed by atoms with E-state index in [1.165, 1.54) is 35.9 Å². The van der Waals surface area contributed by atoms with Gasteiger partial charge in [0.25, 0.3) is 5.69 Å². The molecule has 2 atom stereocenters. The molecule has 0 aromatic heterocycles. The minimum Gasteiger partial charge on any atom is -0.460 e. The summed E-state index contributed by atoms with van der Waals surface area (Å²) in [5.74, 6) is -0.738. The van der Waals surface area contributed by atoms with E-state index in [1.807, 2.05) is 6.92 Å². The van der Waals surface area contributed by atoms with Crippen molar-refractivity contribution in [2.75, 3.05) is 20.3 Å². The van der Waals surface area contributed by atoms with Crippen LogP contribution in [-0.4, -0.2) is 52.4 Å². The molecule has 0 N–H and O–H groups in total. The molecule has 2 unspecified atom stereocenters. The number of aliphatic imine (C=N–C) groups is 1. The zero-order valence-corrected chi connectivity index (χ0v) is 17.1. The molecule has 2 aliphatic rings. The van der Waals surface area contributed by atoms with E-state index in [1.54, 1.807) is 19.1 Å². The molecule has 0 bridgehead atoms. The summed E-state index contributed by atoms with van der Waals surface area (Å²) >= 11 is 1.36. The Kier molecular flexibility index (Phi) is 6.33. The van der Waals surface area contributed by atoms with Crippen LogP contribution >= 0.6 is 11.8 Å². The average Bonchev–Trinajstić information content (AvgIpc) is 3.02. The monoisotopic (exact) mass is 419 g/mol. The van der Waals surface area contributed by atoms with Crippen molar-refractivity contribution in [2.45, 2.75) is 31.6 Å². The van der Waals surface area contributed by atoms with E-state index in [4.69, 9.17) is 9.47 Å². The lowest BCUT2D eigenvalue weighted by Gasteiger charge is -2.33. The van der Waals surface area contributed by atoms with Crippen molar-refractivity contribution in [3.05, 3.63) is 51.2 Å². The summed E-state index contributed by atoms with van der Waals surface area (Å²) in [5, 5.41) is 11.2. The van der Waals surface area contributed by atoms with Crippen molar-refractivity contribution in [1.29, 1.82) is 0 Å². The van der Waals surface area contributed by atoms with Crippen molar-refractivity contribution >= 4 is 34.5 Å². The van der Waals surface area contributed by atoms with Gasteiger partial charge in [-0.1, -0.05) is 18.7 Å². The van der Waals surface area contributed by atoms with Gasteiger partial charge in [0.1, 0.15) is 6.61 Å². The maximum absolute atomic E-state index is 13.0. The topological polar surface area (TPSA) is 111 Å². The average molecular weight is 419 g/mol. The highest BCUT2D eigenvalue weighted by Crippen LogP contribution is 2.44. The van der Waals surface area contributed by atoms with E-state index in [9.17, 15) is 19.7 Å². The first-order valence-corrected chi connectivity index (χ1v) is 9.96. The Morgan fingerprint density at radius 2 is 2.00 bits per heavy atom. The molecule has 0 aliphatic carbocycles. The van der Waals surface area contributed by atoms with Gasteiger partial charge in [-0.3, -0.25) is 19.8 Å². The predicted octanol–water partition coefficient (Wildman–Crippen LogP) is 2.82. The van der Waals surface area contributed by atoms with Gasteiger partial charge in [0, 0.05) is 19.2 Å². The lowest BCUT2D eigenvalue weighted by molar-refractivity contribution is -0.384.